The third-order valence-electron chi connectivity index (χ3n) is 7.45. The number of aromatic nitrogens is 2. The van der Waals surface area contributed by atoms with E-state index in [1.165, 1.54) is 0 Å². The van der Waals surface area contributed by atoms with Crippen molar-refractivity contribution < 1.29 is 9.59 Å². The van der Waals surface area contributed by atoms with Gasteiger partial charge in [0, 0.05) is 37.3 Å². The molecule has 5 rings (SSSR count). The molecule has 1 atom stereocenters. The van der Waals surface area contributed by atoms with Crippen molar-refractivity contribution in [2.24, 2.45) is 0 Å². The number of hydrogen-bond acceptors (Lipinski definition) is 5. The van der Waals surface area contributed by atoms with Gasteiger partial charge in [-0.1, -0.05) is 78.3 Å². The van der Waals surface area contributed by atoms with E-state index in [1.54, 1.807) is 4.90 Å². The van der Waals surface area contributed by atoms with E-state index < -0.39 is 0 Å². The van der Waals surface area contributed by atoms with E-state index in [1.807, 2.05) is 110 Å². The number of aryl methyl sites for hydroxylation is 1. The van der Waals surface area contributed by atoms with Crippen LogP contribution in [0.5, 0.6) is 0 Å². The van der Waals surface area contributed by atoms with Gasteiger partial charge in [0.15, 0.2) is 5.82 Å². The second-order valence-corrected chi connectivity index (χ2v) is 10.4. The molecule has 7 nitrogen and oxygen atoms in total. The first-order valence-corrected chi connectivity index (χ1v) is 13.8. The van der Waals surface area contributed by atoms with Crippen LogP contribution in [0.3, 0.4) is 0 Å². The molecule has 0 bridgehead atoms. The summed E-state index contributed by atoms with van der Waals surface area (Å²) in [5.74, 6) is 0.553. The van der Waals surface area contributed by atoms with Crippen molar-refractivity contribution in [3.8, 4) is 11.3 Å². The molecule has 0 aliphatic carbocycles. The number of nitrogens with zero attached hydrogens (tertiary/aromatic N) is 5. The van der Waals surface area contributed by atoms with Crippen LogP contribution in [-0.4, -0.2) is 64.5 Å². The summed E-state index contributed by atoms with van der Waals surface area (Å²) in [6, 6.07) is 28.5. The van der Waals surface area contributed by atoms with Crippen LogP contribution in [0.2, 0.25) is 5.02 Å². The van der Waals surface area contributed by atoms with Crippen LogP contribution in [0.15, 0.2) is 91.0 Å². The summed E-state index contributed by atoms with van der Waals surface area (Å²) < 4.78 is 0. The van der Waals surface area contributed by atoms with Crippen LogP contribution in [0.1, 0.15) is 34.5 Å². The van der Waals surface area contributed by atoms with Gasteiger partial charge in [0.05, 0.1) is 16.8 Å². The zero-order valence-electron chi connectivity index (χ0n) is 22.7. The molecule has 0 spiro atoms. The third-order valence-corrected chi connectivity index (χ3v) is 7.78. The van der Waals surface area contributed by atoms with E-state index in [9.17, 15) is 9.59 Å². The van der Waals surface area contributed by atoms with Gasteiger partial charge in [0.25, 0.3) is 5.91 Å². The van der Waals surface area contributed by atoms with Gasteiger partial charge in [0.2, 0.25) is 5.91 Å². The number of rotatable bonds is 7. The standard InChI is InChI=1S/C32H32ClN5O2/c1-23-10-6-7-13-26(23)32(40)38(24(2)25-11-4-3-5-12-25)22-31(39)37-20-18-36(19-21-37)30-17-16-29(34-35-30)27-14-8-9-15-28(27)33/h3-17,24H,18-22H2,1-2H3. The average Bonchev–Trinajstić information content (AvgIpc) is 3.00. The zero-order valence-corrected chi connectivity index (χ0v) is 23.5. The summed E-state index contributed by atoms with van der Waals surface area (Å²) in [6.07, 6.45) is 0. The number of anilines is 1. The Morgan fingerprint density at radius 1 is 0.850 bits per heavy atom. The molecule has 2 amide bonds. The smallest absolute Gasteiger partial charge is 0.255 e. The van der Waals surface area contributed by atoms with E-state index in [4.69, 9.17) is 11.6 Å². The van der Waals surface area contributed by atoms with E-state index in [2.05, 4.69) is 15.1 Å². The van der Waals surface area contributed by atoms with Crippen LogP contribution in [-0.2, 0) is 4.79 Å². The van der Waals surface area contributed by atoms with Crippen molar-refractivity contribution in [3.05, 3.63) is 113 Å². The fraction of sp³-hybridized carbons (Fsp3) is 0.250. The lowest BCUT2D eigenvalue weighted by molar-refractivity contribution is -0.132. The summed E-state index contributed by atoms with van der Waals surface area (Å²) in [4.78, 5) is 32.9. The van der Waals surface area contributed by atoms with Crippen LogP contribution >= 0.6 is 11.6 Å². The average molecular weight is 554 g/mol. The lowest BCUT2D eigenvalue weighted by Crippen LogP contribution is -2.52. The monoisotopic (exact) mass is 553 g/mol. The van der Waals surface area contributed by atoms with Gasteiger partial charge in [-0.2, -0.15) is 0 Å². The molecule has 1 aliphatic rings. The van der Waals surface area contributed by atoms with E-state index in [0.717, 1.165) is 22.5 Å². The maximum absolute atomic E-state index is 13.7. The minimum absolute atomic E-state index is 0.00949. The second-order valence-electron chi connectivity index (χ2n) is 9.96. The van der Waals surface area contributed by atoms with Crippen molar-refractivity contribution in [3.63, 3.8) is 0 Å². The predicted molar refractivity (Wildman–Crippen MR) is 158 cm³/mol. The van der Waals surface area contributed by atoms with Crippen molar-refractivity contribution in [2.75, 3.05) is 37.6 Å². The Morgan fingerprint density at radius 2 is 1.52 bits per heavy atom. The summed E-state index contributed by atoms with van der Waals surface area (Å²) in [5, 5.41) is 9.43. The van der Waals surface area contributed by atoms with Crippen LogP contribution < -0.4 is 4.90 Å². The Kier molecular flexibility index (Phi) is 8.41. The van der Waals surface area contributed by atoms with Crippen molar-refractivity contribution in [2.45, 2.75) is 19.9 Å². The molecule has 2 heterocycles. The molecular weight excluding hydrogens is 522 g/mol. The Morgan fingerprint density at radius 3 is 2.20 bits per heavy atom. The number of hydrogen-bond donors (Lipinski definition) is 0. The fourth-order valence-electron chi connectivity index (χ4n) is 5.00. The Labute approximate surface area is 240 Å². The molecule has 204 valence electrons. The topological polar surface area (TPSA) is 69.6 Å². The minimum Gasteiger partial charge on any atom is -0.352 e. The summed E-state index contributed by atoms with van der Waals surface area (Å²) in [7, 11) is 0. The second kappa shape index (κ2) is 12.3. The highest BCUT2D eigenvalue weighted by atomic mass is 35.5. The predicted octanol–water partition coefficient (Wildman–Crippen LogP) is 5.66. The van der Waals surface area contributed by atoms with E-state index >= 15 is 0 Å². The molecule has 3 aromatic carbocycles. The molecule has 0 N–H and O–H groups in total. The largest absolute Gasteiger partial charge is 0.352 e. The lowest BCUT2D eigenvalue weighted by atomic mass is 10.0. The van der Waals surface area contributed by atoms with Crippen molar-refractivity contribution in [1.82, 2.24) is 20.0 Å². The molecule has 0 radical (unpaired) electrons. The number of halogens is 1. The quantitative estimate of drug-likeness (QED) is 0.295. The molecule has 40 heavy (non-hydrogen) atoms. The third kappa shape index (κ3) is 6.00. The van der Waals surface area contributed by atoms with Gasteiger partial charge < -0.3 is 14.7 Å². The van der Waals surface area contributed by atoms with Gasteiger partial charge in [-0.25, -0.2) is 0 Å². The normalized spacial score (nSPS) is 14.1. The van der Waals surface area contributed by atoms with Gasteiger partial charge in [-0.05, 0) is 49.2 Å². The highest BCUT2D eigenvalue weighted by molar-refractivity contribution is 6.33. The Bertz CT molecular complexity index is 1470. The van der Waals surface area contributed by atoms with Gasteiger partial charge in [0.1, 0.15) is 6.54 Å². The fourth-order valence-corrected chi connectivity index (χ4v) is 5.23. The van der Waals surface area contributed by atoms with Crippen LogP contribution in [0.25, 0.3) is 11.3 Å². The maximum atomic E-state index is 13.7. The van der Waals surface area contributed by atoms with Gasteiger partial charge in [-0.15, -0.1) is 10.2 Å². The van der Waals surface area contributed by atoms with Gasteiger partial charge >= 0.3 is 0 Å². The molecule has 8 heteroatoms. The summed E-state index contributed by atoms with van der Waals surface area (Å²) in [5.41, 5.74) is 4.05. The Hall–Kier alpha value is -4.23. The molecule has 1 aromatic heterocycles. The molecule has 1 aliphatic heterocycles. The highest BCUT2D eigenvalue weighted by Crippen LogP contribution is 2.27. The Balaban J connectivity index is 1.26. The summed E-state index contributed by atoms with van der Waals surface area (Å²) in [6.45, 7) is 6.25. The zero-order chi connectivity index (χ0) is 28.1. The van der Waals surface area contributed by atoms with Crippen molar-refractivity contribution in [1.29, 1.82) is 0 Å². The van der Waals surface area contributed by atoms with Crippen molar-refractivity contribution >= 4 is 29.2 Å². The minimum atomic E-state index is -0.259. The SMILES string of the molecule is Cc1ccccc1C(=O)N(CC(=O)N1CCN(c2ccc(-c3ccccc3Cl)nn2)CC1)C(C)c1ccccc1. The molecule has 1 saturated heterocycles. The molecule has 0 saturated carbocycles. The maximum Gasteiger partial charge on any atom is 0.255 e. The van der Waals surface area contributed by atoms with Crippen LogP contribution in [0, 0.1) is 6.92 Å². The summed E-state index contributed by atoms with van der Waals surface area (Å²) >= 11 is 6.30. The first-order valence-electron chi connectivity index (χ1n) is 13.5. The lowest BCUT2D eigenvalue weighted by Gasteiger charge is -2.37. The van der Waals surface area contributed by atoms with E-state index in [0.29, 0.717) is 42.5 Å². The first-order chi connectivity index (χ1) is 19.4. The number of piperazine rings is 1. The highest BCUT2D eigenvalue weighted by Gasteiger charge is 2.29. The van der Waals surface area contributed by atoms with Gasteiger partial charge in [-0.3, -0.25) is 9.59 Å². The molecular formula is C32H32ClN5O2. The van der Waals surface area contributed by atoms with Crippen LogP contribution in [0.4, 0.5) is 5.82 Å². The van der Waals surface area contributed by atoms with E-state index in [-0.39, 0.29) is 24.4 Å². The molecule has 1 fully saturated rings. The number of benzene rings is 3. The first kappa shape index (κ1) is 27.3. The molecule has 4 aromatic rings. The number of amides is 2. The number of carbonyl (C=O) groups excluding carboxylic acids is 2. The molecule has 1 unspecified atom stereocenters. The number of carbonyl (C=O) groups is 2.